The van der Waals surface area contributed by atoms with E-state index >= 15 is 0 Å². The van der Waals surface area contributed by atoms with E-state index in [4.69, 9.17) is 10.8 Å². The normalized spacial score (nSPS) is 10.6. The Bertz CT molecular complexity index is 279. The maximum Gasteiger partial charge on any atom is 1.00 e. The largest absolute Gasteiger partial charge is 1.00 e. The van der Waals surface area contributed by atoms with E-state index in [1.165, 1.54) is 0 Å². The molecule has 0 aromatic carbocycles. The zero-order chi connectivity index (χ0) is 11.6. The molecular formula is C4H10NNa5O7P2. The van der Waals surface area contributed by atoms with Crippen LogP contribution in [0.4, 0.5) is 0 Å². The van der Waals surface area contributed by atoms with Gasteiger partial charge in [0, 0.05) is 0 Å². The van der Waals surface area contributed by atoms with Gasteiger partial charge in [-0.05, 0) is 34.6 Å². The van der Waals surface area contributed by atoms with Gasteiger partial charge < -0.3 is 41.0 Å². The van der Waals surface area contributed by atoms with Crippen molar-refractivity contribution in [1.29, 1.82) is 0 Å². The van der Waals surface area contributed by atoms with Gasteiger partial charge in [-0.15, -0.1) is 0 Å². The molecule has 0 atom stereocenters. The third kappa shape index (κ3) is 13.1. The van der Waals surface area contributed by atoms with Gasteiger partial charge in [-0.2, -0.15) is 0 Å². The second-order valence-electron chi connectivity index (χ2n) is 2.66. The molecule has 0 unspecified atom stereocenters. The second-order valence-corrected chi connectivity index (χ2v) is 6.48. The number of rotatable bonds is 5. The Morgan fingerprint density at radius 1 is 0.947 bits per heavy atom. The Labute approximate surface area is 224 Å². The van der Waals surface area contributed by atoms with Crippen LogP contribution in [0.3, 0.4) is 0 Å². The Kier molecular flexibility index (Phi) is 34.5. The van der Waals surface area contributed by atoms with Crippen molar-refractivity contribution < 1.29 is 183 Å². The van der Waals surface area contributed by atoms with Gasteiger partial charge in [0.15, 0.2) is 0 Å². The van der Waals surface area contributed by atoms with E-state index in [2.05, 4.69) is 0 Å². The first-order valence-electron chi connectivity index (χ1n) is 3.53. The molecule has 8 nitrogen and oxygen atoms in total. The fourth-order valence-corrected chi connectivity index (χ4v) is 2.83. The van der Waals surface area contributed by atoms with E-state index in [1.54, 1.807) is 0 Å². The predicted molar refractivity (Wildman–Crippen MR) is 39.6 cm³/mol. The van der Waals surface area contributed by atoms with Gasteiger partial charge in [0.1, 0.15) is 5.08 Å². The van der Waals surface area contributed by atoms with E-state index in [0.717, 1.165) is 0 Å². The summed E-state index contributed by atoms with van der Waals surface area (Å²) in [4.78, 5) is 41.7. The third-order valence-electron chi connectivity index (χ3n) is 1.59. The molecule has 15 heteroatoms. The molecule has 0 amide bonds. The van der Waals surface area contributed by atoms with E-state index in [9.17, 15) is 28.7 Å². The quantitative estimate of drug-likeness (QED) is 0.359. The van der Waals surface area contributed by atoms with Crippen LogP contribution < -0.4 is 173 Å². The molecule has 0 aliphatic heterocycles. The summed E-state index contributed by atoms with van der Waals surface area (Å²) < 4.78 is 20.8. The topological polar surface area (TPSA) is 173 Å². The molecule has 0 aliphatic carbocycles. The maximum absolute atomic E-state index is 10.4. The van der Waals surface area contributed by atoms with Crippen LogP contribution in [0.2, 0.25) is 0 Å². The van der Waals surface area contributed by atoms with E-state index in [0.29, 0.717) is 0 Å². The monoisotopic (exact) mass is 361 g/mol. The van der Waals surface area contributed by atoms with Gasteiger partial charge in [0.05, 0.1) is 0 Å². The van der Waals surface area contributed by atoms with Crippen LogP contribution in [0.1, 0.15) is 14.3 Å². The van der Waals surface area contributed by atoms with Crippen molar-refractivity contribution in [2.75, 3.05) is 6.54 Å². The predicted octanol–water partition coefficient (Wildman–Crippen LogP) is -18.7. The molecule has 0 aliphatic rings. The number of hydrogen-bond donors (Lipinski definition) is 2. The minimum Gasteiger partial charge on any atom is -1.00 e. The number of hydrogen-bond acceptors (Lipinski definition) is 8. The van der Waals surface area contributed by atoms with Crippen molar-refractivity contribution in [3.05, 3.63) is 0 Å². The maximum atomic E-state index is 10.4. The molecule has 0 fully saturated rings. The summed E-state index contributed by atoms with van der Waals surface area (Å²) >= 11 is 0. The summed E-state index contributed by atoms with van der Waals surface area (Å²) in [5, 5.41) is 5.22. The molecule has 19 heavy (non-hydrogen) atoms. The summed E-state index contributed by atoms with van der Waals surface area (Å²) in [5.74, 6) is 0. The first-order valence-corrected chi connectivity index (χ1v) is 6.61. The molecule has 0 spiro atoms. The van der Waals surface area contributed by atoms with Gasteiger partial charge in [-0.1, -0.05) is 0 Å². The van der Waals surface area contributed by atoms with Crippen LogP contribution >= 0.6 is 15.2 Å². The van der Waals surface area contributed by atoms with Crippen molar-refractivity contribution >= 4 is 15.2 Å². The molecule has 0 aromatic heterocycles. The molecule has 0 radical (unpaired) electrons. The van der Waals surface area contributed by atoms with Crippen LogP contribution in [-0.2, 0) is 9.13 Å². The smallest absolute Gasteiger partial charge is 1.00 e. The minimum atomic E-state index is -5.93. The molecule has 3 N–H and O–H groups in total. The van der Waals surface area contributed by atoms with Crippen molar-refractivity contribution in [2.45, 2.75) is 17.9 Å². The van der Waals surface area contributed by atoms with Gasteiger partial charge in [0.2, 0.25) is 0 Å². The van der Waals surface area contributed by atoms with E-state index < -0.39 is 26.7 Å². The summed E-state index contributed by atoms with van der Waals surface area (Å²) in [5.41, 5.74) is 4.92. The summed E-state index contributed by atoms with van der Waals surface area (Å²) in [6, 6.07) is 0. The Morgan fingerprint density at radius 3 is 1.37 bits per heavy atom. The summed E-state index contributed by atoms with van der Waals surface area (Å²) in [6.45, 7) is -0.150. The standard InChI is InChI=1S/C4H13NO7P2.5Na.H/c5-3-1-2-4(6,13(7,8)9)14(10,11)12;;;;;;/h6H,1-3,5H2,(H2,7,8,9)(H2,10,11,12);;;;;;/q;5*+1;-1/p-4. The molecule has 0 aromatic rings. The number of aliphatic hydroxyl groups is 1. The van der Waals surface area contributed by atoms with Gasteiger partial charge >= 0.3 is 148 Å². The van der Waals surface area contributed by atoms with E-state index in [1.807, 2.05) is 0 Å². The molecule has 0 saturated carbocycles. The fraction of sp³-hybridized carbons (Fsp3) is 1.00. The van der Waals surface area contributed by atoms with Gasteiger partial charge in [-0.25, -0.2) is 0 Å². The first kappa shape index (κ1) is 39.3. The molecular weight excluding hydrogens is 351 g/mol. The van der Waals surface area contributed by atoms with Gasteiger partial charge in [0.25, 0.3) is 0 Å². The van der Waals surface area contributed by atoms with Crippen LogP contribution in [0.15, 0.2) is 0 Å². The SMILES string of the molecule is NCCCC(O)(P(=O)([O-])[O-])P(=O)([O-])[O-].[H-].[Na+].[Na+].[Na+].[Na+].[Na+]. The first-order chi connectivity index (χ1) is 6.06. The minimum absolute atomic E-state index is 0. The zero-order valence-electron chi connectivity index (χ0n) is 13.0. The van der Waals surface area contributed by atoms with E-state index in [-0.39, 0.29) is 162 Å². The Morgan fingerprint density at radius 2 is 1.21 bits per heavy atom. The summed E-state index contributed by atoms with van der Waals surface area (Å²) in [7, 11) is -11.9. The van der Waals surface area contributed by atoms with Crippen molar-refractivity contribution in [2.24, 2.45) is 5.73 Å². The molecule has 0 rings (SSSR count). The molecule has 88 valence electrons. The van der Waals surface area contributed by atoms with Crippen molar-refractivity contribution in [1.82, 2.24) is 0 Å². The van der Waals surface area contributed by atoms with Crippen LogP contribution in [0.25, 0.3) is 0 Å². The van der Waals surface area contributed by atoms with Crippen molar-refractivity contribution in [3.8, 4) is 0 Å². The molecule has 0 heterocycles. The molecule has 0 bridgehead atoms. The number of nitrogens with two attached hydrogens (primary N) is 1. The van der Waals surface area contributed by atoms with Crippen LogP contribution in [-0.4, -0.2) is 16.7 Å². The van der Waals surface area contributed by atoms with Crippen LogP contribution in [0, 0.1) is 0 Å². The third-order valence-corrected chi connectivity index (χ3v) is 5.26. The van der Waals surface area contributed by atoms with Gasteiger partial charge in [-0.3, -0.25) is 0 Å². The second kappa shape index (κ2) is 16.7. The Balaban J connectivity index is -0.0000000563. The fourth-order valence-electron chi connectivity index (χ4n) is 0.763. The molecule has 0 saturated heterocycles. The average Bonchev–Trinajstić information content (AvgIpc) is 1.95. The summed E-state index contributed by atoms with van der Waals surface area (Å²) in [6.07, 6.45) is -1.27. The zero-order valence-corrected chi connectivity index (χ0v) is 23.8. The van der Waals surface area contributed by atoms with Crippen molar-refractivity contribution in [3.63, 3.8) is 0 Å². The van der Waals surface area contributed by atoms with Crippen LogP contribution in [0.5, 0.6) is 0 Å². The Hall–Kier alpha value is 5.22. The average molecular weight is 361 g/mol.